The second-order valence-electron chi connectivity index (χ2n) is 12.9. The third kappa shape index (κ3) is 8.07. The fraction of sp³-hybridized carbons (Fsp3) is 0.341. The Balaban J connectivity index is 0.00000134. The third-order valence-corrected chi connectivity index (χ3v) is 9.59. The van der Waals surface area contributed by atoms with Gasteiger partial charge in [0.1, 0.15) is 5.76 Å². The normalized spacial score (nSPS) is 19.3. The average molecular weight is 615 g/mol. The molecule has 1 aromatic heterocycles. The molecule has 3 unspecified atom stereocenters. The molecule has 0 saturated heterocycles. The van der Waals surface area contributed by atoms with Crippen LogP contribution in [0.3, 0.4) is 0 Å². The minimum Gasteiger partial charge on any atom is -0.497 e. The molecule has 0 fully saturated rings. The van der Waals surface area contributed by atoms with Crippen molar-refractivity contribution in [2.24, 2.45) is 11.1 Å². The highest BCUT2D eigenvalue weighted by atomic mass is 16.5. The zero-order valence-electron chi connectivity index (χ0n) is 27.8. The smallest absolute Gasteiger partial charge is 0.114 e. The standard InChI is InChI=1S/C39H45N3O.C2H5N/c1-4-30(24-39(2)22-20-34(43-3)21-23-39)35-12-8-14-37-36(35)13-9-15-38(37)41-26-33-25-40-28-42(33)27-29-16-18-32(19-17-29)31-10-6-5-7-11-31;1-2-3/h5-8,10-12,14,16-22,25,28,30,38,41H,4,9,13,15,23-24,26-27H2,1-3H3;2H,1,3H2. The summed E-state index contributed by atoms with van der Waals surface area (Å²) in [6, 6.07) is 26.9. The number of fused-ring (bicyclic) bond motifs is 1. The van der Waals surface area contributed by atoms with E-state index in [2.05, 4.69) is 132 Å². The molecular formula is C41H50N4O. The van der Waals surface area contributed by atoms with Gasteiger partial charge in [0, 0.05) is 25.3 Å². The van der Waals surface area contributed by atoms with Gasteiger partial charge in [0.15, 0.2) is 0 Å². The molecule has 0 saturated carbocycles. The molecule has 0 radical (unpaired) electrons. The summed E-state index contributed by atoms with van der Waals surface area (Å²) < 4.78 is 7.73. The van der Waals surface area contributed by atoms with Crippen LogP contribution in [0, 0.1) is 5.41 Å². The van der Waals surface area contributed by atoms with Crippen molar-refractivity contribution < 1.29 is 4.74 Å². The van der Waals surface area contributed by atoms with Crippen LogP contribution in [-0.2, 0) is 24.2 Å². The maximum atomic E-state index is 5.45. The Labute approximate surface area is 275 Å². The van der Waals surface area contributed by atoms with Crippen molar-refractivity contribution in [1.29, 1.82) is 0 Å². The fourth-order valence-electron chi connectivity index (χ4n) is 7.06. The molecule has 0 amide bonds. The van der Waals surface area contributed by atoms with E-state index < -0.39 is 0 Å². The molecule has 3 N–H and O–H groups in total. The van der Waals surface area contributed by atoms with Crippen LogP contribution >= 0.6 is 0 Å². The zero-order valence-corrected chi connectivity index (χ0v) is 27.8. The van der Waals surface area contributed by atoms with Crippen molar-refractivity contribution in [3.05, 3.63) is 150 Å². The monoisotopic (exact) mass is 614 g/mol. The molecule has 6 rings (SSSR count). The van der Waals surface area contributed by atoms with Gasteiger partial charge in [0.2, 0.25) is 0 Å². The van der Waals surface area contributed by atoms with Gasteiger partial charge in [-0.2, -0.15) is 0 Å². The predicted molar refractivity (Wildman–Crippen MR) is 191 cm³/mol. The van der Waals surface area contributed by atoms with E-state index in [0.717, 1.165) is 38.1 Å². The Morgan fingerprint density at radius 2 is 1.85 bits per heavy atom. The molecule has 0 spiro atoms. The largest absolute Gasteiger partial charge is 0.497 e. The van der Waals surface area contributed by atoms with Crippen LogP contribution < -0.4 is 11.1 Å². The number of ether oxygens (including phenoxy) is 1. The van der Waals surface area contributed by atoms with Crippen molar-refractivity contribution in [3.8, 4) is 11.1 Å². The molecule has 3 atom stereocenters. The van der Waals surface area contributed by atoms with Crippen molar-refractivity contribution in [1.82, 2.24) is 14.9 Å². The lowest BCUT2D eigenvalue weighted by molar-refractivity contribution is 0.285. The Morgan fingerprint density at radius 3 is 2.54 bits per heavy atom. The quantitative estimate of drug-likeness (QED) is 0.177. The number of nitrogens with one attached hydrogen (secondary N) is 1. The number of imidazole rings is 1. The number of hydrogen-bond donors (Lipinski definition) is 2. The van der Waals surface area contributed by atoms with Gasteiger partial charge in [-0.25, -0.2) is 4.98 Å². The van der Waals surface area contributed by atoms with Crippen molar-refractivity contribution in [2.45, 2.75) is 77.4 Å². The van der Waals surface area contributed by atoms with Crippen LogP contribution in [0.1, 0.15) is 85.9 Å². The molecule has 2 aliphatic carbocycles. The first-order valence-electron chi connectivity index (χ1n) is 16.7. The molecule has 1 heterocycles. The number of aromatic nitrogens is 2. The van der Waals surface area contributed by atoms with Crippen LogP contribution in [0.4, 0.5) is 0 Å². The molecule has 240 valence electrons. The third-order valence-electron chi connectivity index (χ3n) is 9.59. The van der Waals surface area contributed by atoms with Gasteiger partial charge < -0.3 is 20.4 Å². The highest BCUT2D eigenvalue weighted by Gasteiger charge is 2.30. The van der Waals surface area contributed by atoms with Crippen LogP contribution in [-0.4, -0.2) is 16.7 Å². The van der Waals surface area contributed by atoms with Gasteiger partial charge >= 0.3 is 0 Å². The summed E-state index contributed by atoms with van der Waals surface area (Å²) in [7, 11) is 1.76. The Bertz CT molecular complexity index is 1620. The molecule has 0 aliphatic heterocycles. The molecular weight excluding hydrogens is 564 g/mol. The second-order valence-corrected chi connectivity index (χ2v) is 12.9. The molecule has 2 aliphatic rings. The van der Waals surface area contributed by atoms with Crippen LogP contribution in [0.5, 0.6) is 0 Å². The van der Waals surface area contributed by atoms with Crippen LogP contribution in [0.2, 0.25) is 0 Å². The first-order chi connectivity index (χ1) is 22.5. The summed E-state index contributed by atoms with van der Waals surface area (Å²) in [6.07, 6.45) is 18.9. The Kier molecular flexibility index (Phi) is 11.3. The molecule has 3 aromatic carbocycles. The molecule has 46 heavy (non-hydrogen) atoms. The van der Waals surface area contributed by atoms with E-state index in [9.17, 15) is 0 Å². The van der Waals surface area contributed by atoms with Gasteiger partial charge in [-0.3, -0.25) is 0 Å². The van der Waals surface area contributed by atoms with E-state index in [1.165, 1.54) is 53.4 Å². The van der Waals surface area contributed by atoms with E-state index >= 15 is 0 Å². The Hall–Kier alpha value is -4.35. The maximum absolute atomic E-state index is 5.45. The summed E-state index contributed by atoms with van der Waals surface area (Å²) in [6.45, 7) is 9.52. The van der Waals surface area contributed by atoms with E-state index in [4.69, 9.17) is 4.74 Å². The molecule has 4 aromatic rings. The highest BCUT2D eigenvalue weighted by Crippen LogP contribution is 2.43. The molecule has 0 bridgehead atoms. The lowest BCUT2D eigenvalue weighted by atomic mass is 9.71. The van der Waals surface area contributed by atoms with Gasteiger partial charge in [-0.05, 0) is 102 Å². The van der Waals surface area contributed by atoms with E-state index in [1.807, 2.05) is 12.5 Å². The summed E-state index contributed by atoms with van der Waals surface area (Å²) in [5.74, 6) is 1.54. The number of nitrogens with zero attached hydrogens (tertiary/aromatic N) is 2. The Morgan fingerprint density at radius 1 is 1.09 bits per heavy atom. The number of nitrogens with two attached hydrogens (primary N) is 1. The van der Waals surface area contributed by atoms with Gasteiger partial charge in [-0.15, -0.1) is 0 Å². The average Bonchev–Trinajstić information content (AvgIpc) is 3.54. The zero-order chi connectivity index (χ0) is 32.4. The molecule has 5 heteroatoms. The summed E-state index contributed by atoms with van der Waals surface area (Å²) in [4.78, 5) is 4.52. The molecule has 5 nitrogen and oxygen atoms in total. The van der Waals surface area contributed by atoms with E-state index in [-0.39, 0.29) is 5.41 Å². The first-order valence-corrected chi connectivity index (χ1v) is 16.7. The minimum absolute atomic E-state index is 0.165. The van der Waals surface area contributed by atoms with Crippen LogP contribution in [0.15, 0.2) is 122 Å². The number of allylic oxidation sites excluding steroid dienone is 3. The van der Waals surface area contributed by atoms with E-state index in [1.54, 1.807) is 18.2 Å². The second kappa shape index (κ2) is 15.8. The topological polar surface area (TPSA) is 65.1 Å². The van der Waals surface area contributed by atoms with E-state index in [0.29, 0.717) is 12.0 Å². The maximum Gasteiger partial charge on any atom is 0.114 e. The van der Waals surface area contributed by atoms with Crippen LogP contribution in [0.25, 0.3) is 11.1 Å². The summed E-state index contributed by atoms with van der Waals surface area (Å²) in [5.41, 5.74) is 14.4. The lowest BCUT2D eigenvalue weighted by Crippen LogP contribution is -2.27. The SMILES string of the molecule is C=CN.CCC(CC1(C)C=CC(OC)=CC1)c1cccc2c1CCCC2NCc1cncn1Cc1ccc(-c2ccccc2)cc1. The van der Waals surface area contributed by atoms with Gasteiger partial charge in [0.25, 0.3) is 0 Å². The predicted octanol–water partition coefficient (Wildman–Crippen LogP) is 9.23. The first kappa shape index (κ1) is 33.0. The van der Waals surface area contributed by atoms with Gasteiger partial charge in [0.05, 0.1) is 19.1 Å². The number of hydrogen-bond acceptors (Lipinski definition) is 4. The van der Waals surface area contributed by atoms with Crippen molar-refractivity contribution in [3.63, 3.8) is 0 Å². The van der Waals surface area contributed by atoms with Crippen molar-refractivity contribution >= 4 is 0 Å². The number of methoxy groups -OCH3 is 1. The van der Waals surface area contributed by atoms with Crippen molar-refractivity contribution in [2.75, 3.05) is 7.11 Å². The summed E-state index contributed by atoms with van der Waals surface area (Å²) in [5, 5.41) is 3.93. The highest BCUT2D eigenvalue weighted by molar-refractivity contribution is 5.63. The number of rotatable bonds is 11. The lowest BCUT2D eigenvalue weighted by Gasteiger charge is -2.35. The minimum atomic E-state index is 0.165. The van der Waals surface area contributed by atoms with Gasteiger partial charge in [-0.1, -0.05) is 99.3 Å². The summed E-state index contributed by atoms with van der Waals surface area (Å²) >= 11 is 0. The fourth-order valence-corrected chi connectivity index (χ4v) is 7.06. The number of benzene rings is 3.